The number of likely N-dealkylation sites (tertiary alicyclic amines) is 1. The van der Waals surface area contributed by atoms with Gasteiger partial charge in [0.25, 0.3) is 0 Å². The molecule has 1 heterocycles. The zero-order chi connectivity index (χ0) is 15.3. The Balaban J connectivity index is 1.74. The van der Waals surface area contributed by atoms with E-state index in [2.05, 4.69) is 24.1 Å². The number of piperidine rings is 1. The number of carbonyl (C=O) groups excluding carboxylic acids is 1. The number of nitrogens with two attached hydrogens (primary N) is 1. The normalized spacial score (nSPS) is 23.6. The molecule has 2 rings (SSSR count). The first-order valence-electron chi connectivity index (χ1n) is 8.74. The number of hydrogen-bond acceptors (Lipinski definition) is 3. The van der Waals surface area contributed by atoms with Gasteiger partial charge >= 0.3 is 0 Å². The molecule has 0 unspecified atom stereocenters. The van der Waals surface area contributed by atoms with Crippen molar-refractivity contribution >= 4 is 5.91 Å². The minimum Gasteiger partial charge on any atom is -0.354 e. The molecule has 1 saturated carbocycles. The fraction of sp³-hybridized carbons (Fsp3) is 0.941. The van der Waals surface area contributed by atoms with Crippen molar-refractivity contribution in [1.29, 1.82) is 0 Å². The van der Waals surface area contributed by atoms with Crippen molar-refractivity contribution < 1.29 is 4.79 Å². The monoisotopic (exact) mass is 295 g/mol. The summed E-state index contributed by atoms with van der Waals surface area (Å²) in [5.41, 5.74) is 6.27. The fourth-order valence-electron chi connectivity index (χ4n) is 4.10. The summed E-state index contributed by atoms with van der Waals surface area (Å²) < 4.78 is 0. The number of nitrogens with one attached hydrogen (secondary N) is 1. The maximum absolute atomic E-state index is 12.2. The molecule has 0 aromatic heterocycles. The zero-order valence-electron chi connectivity index (χ0n) is 13.9. The van der Waals surface area contributed by atoms with Crippen molar-refractivity contribution in [3.05, 3.63) is 0 Å². The van der Waals surface area contributed by atoms with E-state index in [0.29, 0.717) is 23.9 Å². The summed E-state index contributed by atoms with van der Waals surface area (Å²) in [4.78, 5) is 14.4. The molecule has 2 fully saturated rings. The van der Waals surface area contributed by atoms with Crippen molar-refractivity contribution in [2.45, 2.75) is 64.8 Å². The molecule has 0 radical (unpaired) electrons. The van der Waals surface area contributed by atoms with E-state index in [-0.39, 0.29) is 5.91 Å². The van der Waals surface area contributed by atoms with Crippen LogP contribution >= 0.6 is 0 Å². The van der Waals surface area contributed by atoms with Gasteiger partial charge < -0.3 is 11.1 Å². The number of nitrogens with zero attached hydrogens (tertiary/aromatic N) is 1. The lowest BCUT2D eigenvalue weighted by Crippen LogP contribution is -2.46. The lowest BCUT2D eigenvalue weighted by molar-refractivity contribution is -0.123. The van der Waals surface area contributed by atoms with Gasteiger partial charge in [-0.05, 0) is 43.4 Å². The van der Waals surface area contributed by atoms with Crippen LogP contribution < -0.4 is 11.1 Å². The second kappa shape index (κ2) is 7.59. The molecule has 0 aromatic rings. The van der Waals surface area contributed by atoms with Crippen LogP contribution in [0.4, 0.5) is 0 Å². The zero-order valence-corrected chi connectivity index (χ0v) is 13.9. The molecule has 1 amide bonds. The number of hydrogen-bond donors (Lipinski definition) is 2. The molecule has 2 aliphatic rings. The summed E-state index contributed by atoms with van der Waals surface area (Å²) >= 11 is 0. The van der Waals surface area contributed by atoms with Gasteiger partial charge in [-0.15, -0.1) is 0 Å². The molecular weight excluding hydrogens is 262 g/mol. The number of amides is 1. The summed E-state index contributed by atoms with van der Waals surface area (Å²) in [6, 6.07) is 0.331. The summed E-state index contributed by atoms with van der Waals surface area (Å²) in [7, 11) is 0. The van der Waals surface area contributed by atoms with Crippen molar-refractivity contribution in [2.24, 2.45) is 17.1 Å². The lowest BCUT2D eigenvalue weighted by Gasteiger charge is -2.32. The average molecular weight is 295 g/mol. The van der Waals surface area contributed by atoms with Gasteiger partial charge in [-0.3, -0.25) is 9.69 Å². The average Bonchev–Trinajstić information content (AvgIpc) is 2.87. The third-order valence-corrected chi connectivity index (χ3v) is 5.17. The Morgan fingerprint density at radius 2 is 1.90 bits per heavy atom. The van der Waals surface area contributed by atoms with Gasteiger partial charge in [-0.2, -0.15) is 0 Å². The minimum absolute atomic E-state index is 0.195. The van der Waals surface area contributed by atoms with Gasteiger partial charge in [-0.1, -0.05) is 26.7 Å². The smallest absolute Gasteiger partial charge is 0.234 e. The summed E-state index contributed by atoms with van der Waals surface area (Å²) in [6.45, 7) is 7.93. The molecule has 122 valence electrons. The minimum atomic E-state index is 0.195. The third kappa shape index (κ3) is 5.26. The molecule has 0 aromatic carbocycles. The lowest BCUT2D eigenvalue weighted by atomic mass is 9.78. The Morgan fingerprint density at radius 3 is 2.48 bits per heavy atom. The third-order valence-electron chi connectivity index (χ3n) is 5.17. The quantitative estimate of drug-likeness (QED) is 0.789. The maximum atomic E-state index is 12.2. The molecule has 21 heavy (non-hydrogen) atoms. The van der Waals surface area contributed by atoms with E-state index in [1.54, 1.807) is 0 Å². The molecule has 1 aliphatic heterocycles. The molecule has 0 atom stereocenters. The molecule has 4 heteroatoms. The number of carbonyl (C=O) groups is 1. The molecular formula is C17H33N3O. The van der Waals surface area contributed by atoms with Crippen LogP contribution in [0.25, 0.3) is 0 Å². The summed E-state index contributed by atoms with van der Waals surface area (Å²) in [5.74, 6) is 0.907. The molecule has 4 nitrogen and oxygen atoms in total. The highest BCUT2D eigenvalue weighted by Crippen LogP contribution is 2.42. The first-order valence-corrected chi connectivity index (χ1v) is 8.74. The Labute approximate surface area is 129 Å². The highest BCUT2D eigenvalue weighted by atomic mass is 16.2. The second-order valence-corrected chi connectivity index (χ2v) is 7.70. The van der Waals surface area contributed by atoms with Gasteiger partial charge in [0, 0.05) is 25.7 Å². The van der Waals surface area contributed by atoms with Gasteiger partial charge in [0.2, 0.25) is 5.91 Å². The van der Waals surface area contributed by atoms with Crippen molar-refractivity contribution in [3.63, 3.8) is 0 Å². The first-order chi connectivity index (χ1) is 9.99. The predicted octanol–water partition coefficient (Wildman–Crippen LogP) is 2.13. The van der Waals surface area contributed by atoms with Gasteiger partial charge in [0.05, 0.1) is 6.54 Å². The summed E-state index contributed by atoms with van der Waals surface area (Å²) in [5, 5.41) is 3.22. The van der Waals surface area contributed by atoms with Gasteiger partial charge in [0.1, 0.15) is 0 Å². The SMILES string of the molecule is CC(C)CC1(CNC(=O)CN2CCC(N)CC2)CCCC1. The molecule has 0 spiro atoms. The highest BCUT2D eigenvalue weighted by Gasteiger charge is 2.34. The van der Waals surface area contributed by atoms with Crippen molar-refractivity contribution in [1.82, 2.24) is 10.2 Å². The van der Waals surface area contributed by atoms with Crippen LogP contribution in [-0.2, 0) is 4.79 Å². The van der Waals surface area contributed by atoms with E-state index in [1.807, 2.05) is 0 Å². The van der Waals surface area contributed by atoms with Crippen LogP contribution in [0.2, 0.25) is 0 Å². The highest BCUT2D eigenvalue weighted by molar-refractivity contribution is 5.78. The Bertz CT molecular complexity index is 329. The Morgan fingerprint density at radius 1 is 1.29 bits per heavy atom. The van der Waals surface area contributed by atoms with Crippen molar-refractivity contribution in [3.8, 4) is 0 Å². The second-order valence-electron chi connectivity index (χ2n) is 7.70. The van der Waals surface area contributed by atoms with Gasteiger partial charge in [0.15, 0.2) is 0 Å². The van der Waals surface area contributed by atoms with E-state index >= 15 is 0 Å². The van der Waals surface area contributed by atoms with Crippen LogP contribution in [0.5, 0.6) is 0 Å². The largest absolute Gasteiger partial charge is 0.354 e. The topological polar surface area (TPSA) is 58.4 Å². The van der Waals surface area contributed by atoms with Crippen LogP contribution in [-0.4, -0.2) is 43.0 Å². The van der Waals surface area contributed by atoms with Crippen molar-refractivity contribution in [2.75, 3.05) is 26.2 Å². The van der Waals surface area contributed by atoms with Crippen LogP contribution in [0.1, 0.15) is 58.8 Å². The van der Waals surface area contributed by atoms with E-state index in [9.17, 15) is 4.79 Å². The summed E-state index contributed by atoms with van der Waals surface area (Å²) in [6.07, 6.45) is 8.49. The van der Waals surface area contributed by atoms with E-state index in [4.69, 9.17) is 5.73 Å². The maximum Gasteiger partial charge on any atom is 0.234 e. The molecule has 1 aliphatic carbocycles. The first kappa shape index (κ1) is 16.8. The molecule has 3 N–H and O–H groups in total. The predicted molar refractivity (Wildman–Crippen MR) is 87.0 cm³/mol. The van der Waals surface area contributed by atoms with E-state index in [0.717, 1.165) is 32.5 Å². The standard InChI is InChI=1S/C17H33N3O/c1-14(2)11-17(7-3-4-8-17)13-19-16(21)12-20-9-5-15(18)6-10-20/h14-15H,3-13,18H2,1-2H3,(H,19,21). The molecule has 0 bridgehead atoms. The van der Waals surface area contributed by atoms with Gasteiger partial charge in [-0.25, -0.2) is 0 Å². The molecule has 1 saturated heterocycles. The van der Waals surface area contributed by atoms with Crippen LogP contribution in [0, 0.1) is 11.3 Å². The fourth-order valence-corrected chi connectivity index (χ4v) is 4.10. The van der Waals surface area contributed by atoms with Crippen LogP contribution in [0.3, 0.4) is 0 Å². The van der Waals surface area contributed by atoms with E-state index < -0.39 is 0 Å². The van der Waals surface area contributed by atoms with Crippen LogP contribution in [0.15, 0.2) is 0 Å². The number of rotatable bonds is 6. The Kier molecular flexibility index (Phi) is 6.06. The Hall–Kier alpha value is -0.610. The van der Waals surface area contributed by atoms with E-state index in [1.165, 1.54) is 32.1 Å².